The van der Waals surface area contributed by atoms with Gasteiger partial charge in [0.15, 0.2) is 0 Å². The molecule has 0 radical (unpaired) electrons. The molecule has 0 unspecified atom stereocenters. The van der Waals surface area contributed by atoms with E-state index in [0.717, 1.165) is 13.0 Å². The Labute approximate surface area is 83.1 Å². The smallest absolute Gasteiger partial charge is 0.414 e. The third-order valence-electron chi connectivity index (χ3n) is 1.20. The van der Waals surface area contributed by atoms with Crippen LogP contribution in [-0.4, -0.2) is 28.7 Å². The Morgan fingerprint density at radius 2 is 1.57 bits per heavy atom. The molecule has 6 heteroatoms. The first-order valence-electron chi connectivity index (χ1n) is 4.10. The number of hydrazine groups is 1. The number of carboxylic acids is 2. The molecule has 0 aliphatic carbocycles. The van der Waals surface area contributed by atoms with Crippen LogP contribution in [0.2, 0.25) is 0 Å². The van der Waals surface area contributed by atoms with Crippen LogP contribution in [0.4, 0.5) is 0 Å². The molecule has 0 heterocycles. The number of nitrogens with two attached hydrogens (primary N) is 1. The molecule has 0 aromatic heterocycles. The topological polar surface area (TPSA) is 113 Å². The summed E-state index contributed by atoms with van der Waals surface area (Å²) in [7, 11) is 0. The van der Waals surface area contributed by atoms with Gasteiger partial charge >= 0.3 is 11.9 Å². The summed E-state index contributed by atoms with van der Waals surface area (Å²) in [6, 6.07) is 0. The van der Waals surface area contributed by atoms with E-state index in [9.17, 15) is 0 Å². The Balaban J connectivity index is 0. The maximum Gasteiger partial charge on any atom is 0.414 e. The Hall–Kier alpha value is -1.14. The van der Waals surface area contributed by atoms with Gasteiger partial charge in [-0.05, 0) is 11.8 Å². The zero-order chi connectivity index (χ0) is 11.8. The summed E-state index contributed by atoms with van der Waals surface area (Å²) < 4.78 is 0. The lowest BCUT2D eigenvalue weighted by atomic mass is 9.93. The minimum absolute atomic E-state index is 0.409. The quantitative estimate of drug-likeness (QED) is 0.288. The molecule has 0 fully saturated rings. The fourth-order valence-corrected chi connectivity index (χ4v) is 0.447. The van der Waals surface area contributed by atoms with E-state index >= 15 is 0 Å². The van der Waals surface area contributed by atoms with E-state index in [2.05, 4.69) is 26.2 Å². The number of nitrogens with one attached hydrogen (secondary N) is 1. The summed E-state index contributed by atoms with van der Waals surface area (Å²) in [5, 5.41) is 14.8. The summed E-state index contributed by atoms with van der Waals surface area (Å²) in [6.45, 7) is 7.50. The Bertz CT molecular complexity index is 174. The standard InChI is InChI=1S/C6H16N2.C2H2O4/c1-6(2,3)4-5-8-7;3-1(4)2(5)6/h8H,4-5,7H2,1-3H3;(H,3,4)(H,5,6). The zero-order valence-corrected chi connectivity index (χ0v) is 8.70. The minimum Gasteiger partial charge on any atom is -0.473 e. The number of aliphatic carboxylic acids is 2. The van der Waals surface area contributed by atoms with Gasteiger partial charge in [0.2, 0.25) is 0 Å². The van der Waals surface area contributed by atoms with Crippen molar-refractivity contribution in [3.05, 3.63) is 0 Å². The van der Waals surface area contributed by atoms with Crippen molar-refractivity contribution >= 4 is 11.9 Å². The molecule has 6 nitrogen and oxygen atoms in total. The number of rotatable bonds is 2. The van der Waals surface area contributed by atoms with E-state index in [1.54, 1.807) is 0 Å². The average molecular weight is 206 g/mol. The van der Waals surface area contributed by atoms with Gasteiger partial charge in [0.25, 0.3) is 0 Å². The largest absolute Gasteiger partial charge is 0.473 e. The van der Waals surface area contributed by atoms with Crippen LogP contribution in [0.3, 0.4) is 0 Å². The minimum atomic E-state index is -1.82. The highest BCUT2D eigenvalue weighted by molar-refractivity contribution is 6.27. The number of carbonyl (C=O) groups is 2. The van der Waals surface area contributed by atoms with Gasteiger partial charge in [-0.1, -0.05) is 20.8 Å². The molecule has 0 saturated heterocycles. The Morgan fingerprint density at radius 1 is 1.21 bits per heavy atom. The van der Waals surface area contributed by atoms with Crippen molar-refractivity contribution in [2.75, 3.05) is 6.54 Å². The summed E-state index contributed by atoms with van der Waals surface area (Å²) in [6.07, 6.45) is 1.13. The molecule has 14 heavy (non-hydrogen) atoms. The van der Waals surface area contributed by atoms with E-state index in [4.69, 9.17) is 25.6 Å². The van der Waals surface area contributed by atoms with Gasteiger partial charge in [-0.15, -0.1) is 0 Å². The average Bonchev–Trinajstić information content (AvgIpc) is 2.00. The SMILES string of the molecule is CC(C)(C)CCNN.O=C(O)C(=O)O. The second-order valence-corrected chi connectivity index (χ2v) is 3.88. The predicted molar refractivity (Wildman–Crippen MR) is 51.5 cm³/mol. The van der Waals surface area contributed by atoms with Crippen LogP contribution in [0, 0.1) is 5.41 Å². The normalized spacial score (nSPS) is 10.0. The molecule has 0 aliphatic rings. The Morgan fingerprint density at radius 3 is 1.64 bits per heavy atom. The van der Waals surface area contributed by atoms with Crippen molar-refractivity contribution in [2.24, 2.45) is 11.3 Å². The molecule has 0 bridgehead atoms. The van der Waals surface area contributed by atoms with Crippen molar-refractivity contribution in [2.45, 2.75) is 27.2 Å². The third kappa shape index (κ3) is 17.1. The third-order valence-corrected chi connectivity index (χ3v) is 1.20. The van der Waals surface area contributed by atoms with Gasteiger partial charge in [-0.2, -0.15) is 0 Å². The van der Waals surface area contributed by atoms with Crippen LogP contribution in [0.15, 0.2) is 0 Å². The zero-order valence-electron chi connectivity index (χ0n) is 8.70. The highest BCUT2D eigenvalue weighted by Gasteiger charge is 2.07. The Kier molecular flexibility index (Phi) is 7.98. The van der Waals surface area contributed by atoms with Gasteiger partial charge in [-0.25, -0.2) is 9.59 Å². The van der Waals surface area contributed by atoms with Crippen molar-refractivity contribution in [3.8, 4) is 0 Å². The van der Waals surface area contributed by atoms with Gasteiger partial charge in [-0.3, -0.25) is 11.3 Å². The van der Waals surface area contributed by atoms with E-state index in [1.165, 1.54) is 0 Å². The van der Waals surface area contributed by atoms with Crippen molar-refractivity contribution in [1.29, 1.82) is 0 Å². The molecular weight excluding hydrogens is 188 g/mol. The van der Waals surface area contributed by atoms with Gasteiger partial charge in [0.1, 0.15) is 0 Å². The van der Waals surface area contributed by atoms with Crippen LogP contribution in [0.5, 0.6) is 0 Å². The second-order valence-electron chi connectivity index (χ2n) is 3.88. The van der Waals surface area contributed by atoms with Crippen LogP contribution in [-0.2, 0) is 9.59 Å². The number of hydrogen-bond acceptors (Lipinski definition) is 4. The van der Waals surface area contributed by atoms with E-state index in [1.807, 2.05) is 0 Å². The molecule has 84 valence electrons. The van der Waals surface area contributed by atoms with E-state index in [-0.39, 0.29) is 0 Å². The molecule has 0 saturated carbocycles. The van der Waals surface area contributed by atoms with Crippen LogP contribution < -0.4 is 11.3 Å². The maximum atomic E-state index is 9.10. The number of carboxylic acid groups (broad SMARTS) is 2. The van der Waals surface area contributed by atoms with E-state index < -0.39 is 11.9 Å². The van der Waals surface area contributed by atoms with Crippen LogP contribution >= 0.6 is 0 Å². The highest BCUT2D eigenvalue weighted by atomic mass is 16.4. The summed E-state index contributed by atoms with van der Waals surface area (Å²) >= 11 is 0. The highest BCUT2D eigenvalue weighted by Crippen LogP contribution is 2.16. The first-order valence-corrected chi connectivity index (χ1v) is 4.10. The van der Waals surface area contributed by atoms with Gasteiger partial charge in [0, 0.05) is 6.54 Å². The molecule has 0 amide bonds. The lowest BCUT2D eigenvalue weighted by molar-refractivity contribution is -0.159. The predicted octanol–water partition coefficient (Wildman–Crippen LogP) is 0.0415. The first-order chi connectivity index (χ1) is 6.20. The van der Waals surface area contributed by atoms with Gasteiger partial charge < -0.3 is 10.2 Å². The second kappa shape index (κ2) is 7.28. The molecule has 0 rings (SSSR count). The summed E-state index contributed by atoms with van der Waals surface area (Å²) in [5.74, 6) is 1.44. The molecular formula is C8H18N2O4. The molecule has 0 spiro atoms. The molecule has 0 aromatic carbocycles. The fourth-order valence-electron chi connectivity index (χ4n) is 0.447. The van der Waals surface area contributed by atoms with E-state index in [0.29, 0.717) is 5.41 Å². The maximum absolute atomic E-state index is 9.10. The lowest BCUT2D eigenvalue weighted by Gasteiger charge is -2.16. The van der Waals surface area contributed by atoms with Crippen molar-refractivity contribution in [3.63, 3.8) is 0 Å². The lowest BCUT2D eigenvalue weighted by Crippen LogP contribution is -2.26. The monoisotopic (exact) mass is 206 g/mol. The first kappa shape index (κ1) is 15.3. The van der Waals surface area contributed by atoms with Crippen molar-refractivity contribution < 1.29 is 19.8 Å². The molecule has 5 N–H and O–H groups in total. The molecule has 0 aliphatic heterocycles. The van der Waals surface area contributed by atoms with Crippen LogP contribution in [0.1, 0.15) is 27.2 Å². The summed E-state index contributed by atoms with van der Waals surface area (Å²) in [4.78, 5) is 18.2. The molecule has 0 atom stereocenters. The molecule has 0 aromatic rings. The van der Waals surface area contributed by atoms with Gasteiger partial charge in [0.05, 0.1) is 0 Å². The summed E-state index contributed by atoms with van der Waals surface area (Å²) in [5.41, 5.74) is 3.03. The fraction of sp³-hybridized carbons (Fsp3) is 0.750. The van der Waals surface area contributed by atoms with Crippen LogP contribution in [0.25, 0.3) is 0 Å². The van der Waals surface area contributed by atoms with Crippen molar-refractivity contribution in [1.82, 2.24) is 5.43 Å². The number of hydrogen-bond donors (Lipinski definition) is 4.